The third-order valence-corrected chi connectivity index (χ3v) is 11.6. The molecule has 0 amide bonds. The van der Waals surface area contributed by atoms with Crippen molar-refractivity contribution in [3.05, 3.63) is 157 Å². The Morgan fingerprint density at radius 1 is 0.500 bits per heavy atom. The molecule has 50 heavy (non-hydrogen) atoms. The van der Waals surface area contributed by atoms with Crippen LogP contribution in [-0.4, -0.2) is 15.0 Å². The molecule has 238 valence electrons. The Bertz CT molecular complexity index is 2770. The predicted molar refractivity (Wildman–Crippen MR) is 216 cm³/mol. The standard InChI is InChI=1S/C45H31N3S2/c1-3-13-28(4-2)29-22-24-31(25-23-29)44-46-43(30-14-6-5-7-15-30)47-45(48-44)32-26-36-33-16-8-10-19-38(33)50-42(36)37(27-32)34-18-12-21-40-41(34)35-17-9-11-20-39(35)49-40/h3-27H,1-2H3/b13-3-,28-4+. The molecule has 5 heteroatoms. The number of nitrogens with zero attached hydrogens (tertiary/aromatic N) is 3. The third kappa shape index (κ3) is 5.23. The minimum Gasteiger partial charge on any atom is -0.208 e. The summed E-state index contributed by atoms with van der Waals surface area (Å²) in [7, 11) is 0. The van der Waals surface area contributed by atoms with Crippen molar-refractivity contribution >= 4 is 68.6 Å². The monoisotopic (exact) mass is 677 g/mol. The van der Waals surface area contributed by atoms with E-state index < -0.39 is 0 Å². The Morgan fingerprint density at radius 3 is 1.84 bits per heavy atom. The summed E-state index contributed by atoms with van der Waals surface area (Å²) < 4.78 is 5.12. The normalized spacial score (nSPS) is 12.2. The van der Waals surface area contributed by atoms with Crippen molar-refractivity contribution in [2.24, 2.45) is 0 Å². The second-order valence-electron chi connectivity index (χ2n) is 12.3. The molecule has 0 radical (unpaired) electrons. The van der Waals surface area contributed by atoms with E-state index >= 15 is 0 Å². The van der Waals surface area contributed by atoms with E-state index in [-0.39, 0.29) is 0 Å². The van der Waals surface area contributed by atoms with Crippen molar-refractivity contribution in [1.82, 2.24) is 15.0 Å². The molecule has 0 N–H and O–H groups in total. The summed E-state index contributed by atoms with van der Waals surface area (Å²) in [6.07, 6.45) is 6.33. The highest BCUT2D eigenvalue weighted by atomic mass is 32.1. The first-order valence-corrected chi connectivity index (χ1v) is 18.4. The van der Waals surface area contributed by atoms with E-state index in [0.29, 0.717) is 17.5 Å². The van der Waals surface area contributed by atoms with Crippen LogP contribution in [0.3, 0.4) is 0 Å². The minimum absolute atomic E-state index is 0.649. The van der Waals surface area contributed by atoms with E-state index in [9.17, 15) is 0 Å². The van der Waals surface area contributed by atoms with Crippen molar-refractivity contribution in [2.75, 3.05) is 0 Å². The van der Waals surface area contributed by atoms with Gasteiger partial charge in [0.05, 0.1) is 0 Å². The first kappa shape index (κ1) is 30.3. The average molecular weight is 678 g/mol. The number of rotatable bonds is 6. The molecular weight excluding hydrogens is 647 g/mol. The minimum atomic E-state index is 0.649. The largest absolute Gasteiger partial charge is 0.208 e. The maximum atomic E-state index is 5.19. The Kier molecular flexibility index (Phi) is 7.65. The van der Waals surface area contributed by atoms with E-state index in [1.807, 2.05) is 47.8 Å². The third-order valence-electron chi connectivity index (χ3n) is 9.23. The van der Waals surface area contributed by atoms with Crippen LogP contribution >= 0.6 is 22.7 Å². The van der Waals surface area contributed by atoms with Crippen LogP contribution in [0.4, 0.5) is 0 Å². The molecule has 0 aliphatic heterocycles. The molecule has 9 rings (SSSR count). The van der Waals surface area contributed by atoms with Gasteiger partial charge in [0.25, 0.3) is 0 Å². The summed E-state index contributed by atoms with van der Waals surface area (Å²) in [6, 6.07) is 47.4. The first-order chi connectivity index (χ1) is 24.7. The fraction of sp³-hybridized carbons (Fsp3) is 0.0444. The second kappa shape index (κ2) is 12.6. The first-order valence-electron chi connectivity index (χ1n) is 16.8. The molecule has 3 heterocycles. The van der Waals surface area contributed by atoms with E-state index in [0.717, 1.165) is 22.3 Å². The molecule has 0 aliphatic rings. The smallest absolute Gasteiger partial charge is 0.164 e. The van der Waals surface area contributed by atoms with E-state index in [1.54, 1.807) is 0 Å². The Hall–Kier alpha value is -5.75. The highest BCUT2D eigenvalue weighted by Crippen LogP contribution is 2.46. The lowest BCUT2D eigenvalue weighted by Gasteiger charge is -2.12. The lowest BCUT2D eigenvalue weighted by molar-refractivity contribution is 1.07. The number of hydrogen-bond acceptors (Lipinski definition) is 5. The Balaban J connectivity index is 1.30. The molecular formula is C45H31N3S2. The fourth-order valence-electron chi connectivity index (χ4n) is 6.86. The van der Waals surface area contributed by atoms with Crippen LogP contribution in [0.15, 0.2) is 152 Å². The molecule has 0 saturated heterocycles. The molecule has 0 spiro atoms. The summed E-state index contributed by atoms with van der Waals surface area (Å²) in [5, 5.41) is 5.04. The lowest BCUT2D eigenvalue weighted by Crippen LogP contribution is -2.00. The van der Waals surface area contributed by atoms with Crippen LogP contribution in [0.5, 0.6) is 0 Å². The van der Waals surface area contributed by atoms with Crippen molar-refractivity contribution in [3.63, 3.8) is 0 Å². The number of thiophene rings is 2. The maximum absolute atomic E-state index is 5.19. The molecule has 6 aromatic carbocycles. The zero-order valence-electron chi connectivity index (χ0n) is 27.6. The summed E-state index contributed by atoms with van der Waals surface area (Å²) >= 11 is 3.70. The van der Waals surface area contributed by atoms with Gasteiger partial charge in [-0.25, -0.2) is 15.0 Å². The van der Waals surface area contributed by atoms with Gasteiger partial charge in [0.15, 0.2) is 17.5 Å². The summed E-state index contributed by atoms with van der Waals surface area (Å²) in [4.78, 5) is 15.4. The maximum Gasteiger partial charge on any atom is 0.164 e. The topological polar surface area (TPSA) is 38.7 Å². The zero-order valence-corrected chi connectivity index (χ0v) is 29.2. The summed E-state index contributed by atoms with van der Waals surface area (Å²) in [5.74, 6) is 1.96. The predicted octanol–water partition coefficient (Wildman–Crippen LogP) is 13.3. The number of fused-ring (bicyclic) bond motifs is 6. The summed E-state index contributed by atoms with van der Waals surface area (Å²) in [5.41, 5.74) is 7.63. The highest BCUT2D eigenvalue weighted by Gasteiger charge is 2.20. The van der Waals surface area contributed by atoms with Crippen LogP contribution in [0.1, 0.15) is 19.4 Å². The van der Waals surface area contributed by atoms with Crippen molar-refractivity contribution in [1.29, 1.82) is 0 Å². The van der Waals surface area contributed by atoms with Crippen LogP contribution in [0.2, 0.25) is 0 Å². The van der Waals surface area contributed by atoms with Gasteiger partial charge >= 0.3 is 0 Å². The second-order valence-corrected chi connectivity index (χ2v) is 14.4. The van der Waals surface area contributed by atoms with Crippen LogP contribution in [0, 0.1) is 0 Å². The van der Waals surface area contributed by atoms with Crippen LogP contribution in [-0.2, 0) is 0 Å². The summed E-state index contributed by atoms with van der Waals surface area (Å²) in [6.45, 7) is 4.11. The van der Waals surface area contributed by atoms with Gasteiger partial charge < -0.3 is 0 Å². The number of aromatic nitrogens is 3. The van der Waals surface area contributed by atoms with Gasteiger partial charge in [0.1, 0.15) is 0 Å². The van der Waals surface area contributed by atoms with E-state index in [1.165, 1.54) is 57.0 Å². The lowest BCUT2D eigenvalue weighted by atomic mass is 9.95. The van der Waals surface area contributed by atoms with Gasteiger partial charge in [-0.2, -0.15) is 0 Å². The van der Waals surface area contributed by atoms with E-state index in [2.05, 4.69) is 140 Å². The number of hydrogen-bond donors (Lipinski definition) is 0. The quantitative estimate of drug-likeness (QED) is 0.164. The van der Waals surface area contributed by atoms with Gasteiger partial charge in [-0.05, 0) is 60.9 Å². The van der Waals surface area contributed by atoms with Crippen molar-refractivity contribution in [3.8, 4) is 45.3 Å². The molecule has 0 bridgehead atoms. The molecule has 0 fully saturated rings. The number of benzene rings is 6. The Morgan fingerprint density at radius 2 is 1.12 bits per heavy atom. The van der Waals surface area contributed by atoms with Gasteiger partial charge in [-0.3, -0.25) is 0 Å². The molecule has 3 nitrogen and oxygen atoms in total. The van der Waals surface area contributed by atoms with Gasteiger partial charge in [0, 0.05) is 62.6 Å². The average Bonchev–Trinajstić information content (AvgIpc) is 3.75. The van der Waals surface area contributed by atoms with E-state index in [4.69, 9.17) is 15.0 Å². The molecule has 0 unspecified atom stereocenters. The molecule has 3 aromatic heterocycles. The highest BCUT2D eigenvalue weighted by molar-refractivity contribution is 7.26. The van der Waals surface area contributed by atoms with Crippen molar-refractivity contribution in [2.45, 2.75) is 13.8 Å². The zero-order chi connectivity index (χ0) is 33.6. The van der Waals surface area contributed by atoms with Gasteiger partial charge in [0.2, 0.25) is 0 Å². The van der Waals surface area contributed by atoms with Crippen LogP contribution < -0.4 is 0 Å². The fourth-order valence-corrected chi connectivity index (χ4v) is 9.20. The van der Waals surface area contributed by atoms with Gasteiger partial charge in [-0.1, -0.05) is 121 Å². The number of allylic oxidation sites excluding steroid dienone is 4. The SMILES string of the molecule is C/C=C\C(=C/C)c1ccc(-c2nc(-c3ccccc3)nc(-c3cc(-c4cccc5sc6ccccc6c45)c4sc5ccccc5c4c3)n2)cc1. The van der Waals surface area contributed by atoms with Crippen molar-refractivity contribution < 1.29 is 0 Å². The molecule has 0 atom stereocenters. The molecule has 9 aromatic rings. The van der Waals surface area contributed by atoms with Crippen LogP contribution in [0.25, 0.3) is 91.2 Å². The molecule has 0 saturated carbocycles. The van der Waals surface area contributed by atoms with Gasteiger partial charge in [-0.15, -0.1) is 22.7 Å². The Labute approximate surface area is 298 Å². The molecule has 0 aliphatic carbocycles.